The quantitative estimate of drug-likeness (QED) is 0.313. The molecule has 0 fully saturated rings. The summed E-state index contributed by atoms with van der Waals surface area (Å²) in [5, 5.41) is 0.908. The maximum Gasteiger partial charge on any atom is 0.338 e. The molecule has 1 aromatic carbocycles. The van der Waals surface area contributed by atoms with Gasteiger partial charge in [0.15, 0.2) is 11.6 Å². The molecule has 154 valence electrons. The van der Waals surface area contributed by atoms with Crippen LogP contribution in [0.3, 0.4) is 0 Å². The lowest BCUT2D eigenvalue weighted by Crippen LogP contribution is -2.43. The molecule has 28 heavy (non-hydrogen) atoms. The number of halogens is 3. The molecule has 5 nitrogen and oxygen atoms in total. The number of unbranched alkanes of at least 4 members (excludes halogenated alkanes) is 2. The highest BCUT2D eigenvalue weighted by atomic mass is 79.9. The van der Waals surface area contributed by atoms with E-state index in [9.17, 15) is 13.6 Å². The Bertz CT molecular complexity index is 768. The number of amidine groups is 1. The minimum Gasteiger partial charge on any atom is -0.466 e. The van der Waals surface area contributed by atoms with Crippen LogP contribution >= 0.6 is 15.9 Å². The Morgan fingerprint density at radius 3 is 2.57 bits per heavy atom. The molecule has 0 bridgehead atoms. The fourth-order valence-corrected chi connectivity index (χ4v) is 3.67. The molecule has 1 aromatic rings. The standard InChI is InChI=1S/C20H25BrF2N2O3/c1-13-18(20(26)28-3)19(14-7-8-15(22)16(23)11-14)25(10-6-4-5-9-21)17(24-13)12-27-2/h7-8,11,19H,4-6,9-10,12H2,1-3H3/t19-/m0/s1. The molecule has 0 spiro atoms. The zero-order chi connectivity index (χ0) is 20.7. The second-order valence-corrected chi connectivity index (χ2v) is 7.26. The first-order chi connectivity index (χ1) is 13.4. The van der Waals surface area contributed by atoms with Gasteiger partial charge >= 0.3 is 5.97 Å². The van der Waals surface area contributed by atoms with E-state index < -0.39 is 23.6 Å². The van der Waals surface area contributed by atoms with E-state index in [4.69, 9.17) is 9.47 Å². The number of rotatable bonds is 9. The molecule has 2 rings (SSSR count). The Labute approximate surface area is 172 Å². The van der Waals surface area contributed by atoms with Crippen LogP contribution in [-0.2, 0) is 14.3 Å². The van der Waals surface area contributed by atoms with Crippen LogP contribution in [0.4, 0.5) is 8.78 Å². The van der Waals surface area contributed by atoms with Crippen LogP contribution in [0.5, 0.6) is 0 Å². The maximum atomic E-state index is 14.0. The van der Waals surface area contributed by atoms with Gasteiger partial charge < -0.3 is 14.4 Å². The SMILES string of the molecule is COCC1=NC(C)=C(C(=O)OC)[C@H](c2ccc(F)c(F)c2)N1CCCCCBr. The average molecular weight is 459 g/mol. The summed E-state index contributed by atoms with van der Waals surface area (Å²) in [6, 6.07) is 3.05. The van der Waals surface area contributed by atoms with E-state index in [1.807, 2.05) is 4.90 Å². The molecule has 0 N–H and O–H groups in total. The minimum atomic E-state index is -0.964. The van der Waals surface area contributed by atoms with Crippen molar-refractivity contribution in [2.75, 3.05) is 32.7 Å². The molecule has 0 aromatic heterocycles. The first kappa shape index (κ1) is 22.5. The van der Waals surface area contributed by atoms with Gasteiger partial charge in [0, 0.05) is 19.0 Å². The zero-order valence-electron chi connectivity index (χ0n) is 16.3. The molecule has 0 amide bonds. The van der Waals surface area contributed by atoms with Gasteiger partial charge in [-0.1, -0.05) is 28.4 Å². The monoisotopic (exact) mass is 458 g/mol. The van der Waals surface area contributed by atoms with Gasteiger partial charge in [0.1, 0.15) is 12.4 Å². The first-order valence-electron chi connectivity index (χ1n) is 9.07. The van der Waals surface area contributed by atoms with Crippen LogP contribution in [0.25, 0.3) is 0 Å². The highest BCUT2D eigenvalue weighted by Crippen LogP contribution is 2.36. The summed E-state index contributed by atoms with van der Waals surface area (Å²) in [7, 11) is 2.85. The van der Waals surface area contributed by atoms with Crippen molar-refractivity contribution in [3.05, 3.63) is 46.7 Å². The highest BCUT2D eigenvalue weighted by molar-refractivity contribution is 9.09. The lowest BCUT2D eigenvalue weighted by Gasteiger charge is -2.38. The van der Waals surface area contributed by atoms with Crippen molar-refractivity contribution in [1.82, 2.24) is 4.90 Å². The van der Waals surface area contributed by atoms with Crippen LogP contribution in [0, 0.1) is 11.6 Å². The smallest absolute Gasteiger partial charge is 0.338 e. The predicted octanol–water partition coefficient (Wildman–Crippen LogP) is 4.38. The van der Waals surface area contributed by atoms with Gasteiger partial charge in [-0.3, -0.25) is 0 Å². The number of carbonyl (C=O) groups excluding carboxylic acids is 1. The van der Waals surface area contributed by atoms with E-state index in [-0.39, 0.29) is 6.61 Å². The molecule has 1 heterocycles. The van der Waals surface area contributed by atoms with Crippen molar-refractivity contribution in [2.45, 2.75) is 32.2 Å². The Kier molecular flexibility index (Phi) is 8.57. The summed E-state index contributed by atoms with van der Waals surface area (Å²) in [4.78, 5) is 19.0. The van der Waals surface area contributed by atoms with Gasteiger partial charge in [-0.2, -0.15) is 0 Å². The van der Waals surface area contributed by atoms with Crippen LogP contribution in [-0.4, -0.2) is 49.4 Å². The number of ether oxygens (including phenoxy) is 2. The largest absolute Gasteiger partial charge is 0.466 e. The summed E-state index contributed by atoms with van der Waals surface area (Å²) in [5.74, 6) is -1.80. The number of hydrogen-bond donors (Lipinski definition) is 0. The second kappa shape index (κ2) is 10.7. The predicted molar refractivity (Wildman–Crippen MR) is 107 cm³/mol. The zero-order valence-corrected chi connectivity index (χ0v) is 17.9. The summed E-state index contributed by atoms with van der Waals surface area (Å²) in [5.41, 5.74) is 1.25. The fourth-order valence-electron chi connectivity index (χ4n) is 3.27. The van der Waals surface area contributed by atoms with Crippen molar-refractivity contribution in [3.63, 3.8) is 0 Å². The first-order valence-corrected chi connectivity index (χ1v) is 10.2. The number of nitrogens with zero attached hydrogens (tertiary/aromatic N) is 2. The number of carbonyl (C=O) groups is 1. The lowest BCUT2D eigenvalue weighted by atomic mass is 9.93. The molecule has 0 radical (unpaired) electrons. The Morgan fingerprint density at radius 2 is 1.96 bits per heavy atom. The fraction of sp³-hybridized carbons (Fsp3) is 0.500. The Hall–Kier alpha value is -1.80. The van der Waals surface area contributed by atoms with E-state index in [0.29, 0.717) is 29.2 Å². The van der Waals surface area contributed by atoms with Gasteiger partial charge in [0.05, 0.1) is 24.4 Å². The number of benzene rings is 1. The summed E-state index contributed by atoms with van der Waals surface area (Å²) < 4.78 is 37.7. The molecule has 0 aliphatic carbocycles. The van der Waals surface area contributed by atoms with Crippen molar-refractivity contribution >= 4 is 27.7 Å². The van der Waals surface area contributed by atoms with E-state index >= 15 is 0 Å². The summed E-state index contributed by atoms with van der Waals surface area (Å²) in [6.45, 7) is 2.54. The lowest BCUT2D eigenvalue weighted by molar-refractivity contribution is -0.137. The number of esters is 1. The average Bonchev–Trinajstić information content (AvgIpc) is 2.68. The number of methoxy groups -OCH3 is 2. The molecular formula is C20H25BrF2N2O3. The maximum absolute atomic E-state index is 14.0. The van der Waals surface area contributed by atoms with E-state index in [2.05, 4.69) is 20.9 Å². The van der Waals surface area contributed by atoms with E-state index in [0.717, 1.165) is 36.7 Å². The highest BCUT2D eigenvalue weighted by Gasteiger charge is 2.36. The van der Waals surface area contributed by atoms with Crippen LogP contribution in [0.2, 0.25) is 0 Å². The molecule has 1 aliphatic rings. The summed E-state index contributed by atoms with van der Waals surface area (Å²) >= 11 is 3.42. The van der Waals surface area contributed by atoms with Gasteiger partial charge in [-0.25, -0.2) is 18.6 Å². The summed E-state index contributed by atoms with van der Waals surface area (Å²) in [6.07, 6.45) is 2.84. The van der Waals surface area contributed by atoms with E-state index in [1.165, 1.54) is 13.2 Å². The molecule has 1 aliphatic heterocycles. The van der Waals surface area contributed by atoms with Gasteiger partial charge in [0.2, 0.25) is 0 Å². The normalized spacial score (nSPS) is 17.0. The number of hydrogen-bond acceptors (Lipinski definition) is 5. The molecule has 0 saturated carbocycles. The van der Waals surface area contributed by atoms with Crippen LogP contribution in [0.15, 0.2) is 34.5 Å². The molecular weight excluding hydrogens is 434 g/mol. The Balaban J connectivity index is 2.52. The van der Waals surface area contributed by atoms with Gasteiger partial charge in [0.25, 0.3) is 0 Å². The number of allylic oxidation sites excluding steroid dienone is 1. The molecule has 0 unspecified atom stereocenters. The minimum absolute atomic E-state index is 0.240. The van der Waals surface area contributed by atoms with Gasteiger partial charge in [-0.15, -0.1) is 0 Å². The third-order valence-electron chi connectivity index (χ3n) is 4.57. The third kappa shape index (κ3) is 5.17. The van der Waals surface area contributed by atoms with Gasteiger partial charge in [-0.05, 0) is 37.5 Å². The second-order valence-electron chi connectivity index (χ2n) is 6.47. The number of aliphatic imine (C=N–C) groups is 1. The molecule has 8 heteroatoms. The van der Waals surface area contributed by atoms with Crippen LogP contribution < -0.4 is 0 Å². The molecule has 0 saturated heterocycles. The van der Waals surface area contributed by atoms with E-state index in [1.54, 1.807) is 14.0 Å². The Morgan fingerprint density at radius 1 is 1.21 bits per heavy atom. The van der Waals surface area contributed by atoms with Crippen LogP contribution in [0.1, 0.15) is 37.8 Å². The van der Waals surface area contributed by atoms with Crippen molar-refractivity contribution in [3.8, 4) is 0 Å². The number of alkyl halides is 1. The van der Waals surface area contributed by atoms with Crippen molar-refractivity contribution in [1.29, 1.82) is 0 Å². The van der Waals surface area contributed by atoms with Crippen molar-refractivity contribution < 1.29 is 23.0 Å². The van der Waals surface area contributed by atoms with Crippen molar-refractivity contribution in [2.24, 2.45) is 4.99 Å². The molecule has 1 atom stereocenters. The topological polar surface area (TPSA) is 51.1 Å². The third-order valence-corrected chi connectivity index (χ3v) is 5.13.